The van der Waals surface area contributed by atoms with E-state index in [1.807, 2.05) is 0 Å². The lowest BCUT2D eigenvalue weighted by Crippen LogP contribution is -2.47. The highest BCUT2D eigenvalue weighted by molar-refractivity contribution is 7.09. The molecule has 1 aliphatic heterocycles. The van der Waals surface area contributed by atoms with Crippen LogP contribution in [0.5, 0.6) is 0 Å². The molecule has 1 aliphatic rings. The molecule has 2 rings (SSSR count). The van der Waals surface area contributed by atoms with E-state index in [0.29, 0.717) is 18.9 Å². The summed E-state index contributed by atoms with van der Waals surface area (Å²) in [4.78, 5) is 4.58. The van der Waals surface area contributed by atoms with Crippen molar-refractivity contribution < 1.29 is 5.11 Å². The third-order valence-electron chi connectivity index (χ3n) is 3.02. The maximum Gasteiger partial charge on any atom is 0.0953 e. The molecule has 0 bridgehead atoms. The number of nitrogens with zero attached hydrogens (tertiary/aromatic N) is 1. The topological polar surface area (TPSA) is 45.2 Å². The van der Waals surface area contributed by atoms with E-state index in [1.54, 1.807) is 11.3 Å². The average molecular weight is 240 g/mol. The molecular weight excluding hydrogens is 220 g/mol. The van der Waals surface area contributed by atoms with Crippen molar-refractivity contribution in [2.45, 2.75) is 44.6 Å². The van der Waals surface area contributed by atoms with Gasteiger partial charge in [-0.05, 0) is 19.4 Å². The number of hydrogen-bond donors (Lipinski definition) is 2. The smallest absolute Gasteiger partial charge is 0.0953 e. The predicted molar refractivity (Wildman–Crippen MR) is 67.0 cm³/mol. The molecule has 4 heteroatoms. The van der Waals surface area contributed by atoms with Gasteiger partial charge in [0.1, 0.15) is 0 Å². The fourth-order valence-electron chi connectivity index (χ4n) is 2.11. The van der Waals surface area contributed by atoms with E-state index in [1.165, 1.54) is 5.01 Å². The molecule has 16 heavy (non-hydrogen) atoms. The van der Waals surface area contributed by atoms with E-state index in [4.69, 9.17) is 0 Å². The van der Waals surface area contributed by atoms with Crippen molar-refractivity contribution in [3.05, 3.63) is 16.1 Å². The zero-order chi connectivity index (χ0) is 11.6. The van der Waals surface area contributed by atoms with E-state index in [-0.39, 0.29) is 0 Å². The number of β-amino-alcohol motifs (C(OH)–C–C–N with tert-alkyl or cyclic N) is 1. The molecule has 1 fully saturated rings. The second kappa shape index (κ2) is 4.82. The molecule has 0 radical (unpaired) electrons. The fraction of sp³-hybridized carbons (Fsp3) is 0.750. The molecule has 1 aromatic rings. The zero-order valence-electron chi connectivity index (χ0n) is 9.99. The molecule has 1 atom stereocenters. The quantitative estimate of drug-likeness (QED) is 0.848. The Balaban J connectivity index is 2.02. The standard InChI is InChI=1S/C12H20N2OS/c1-9(2)11-14-10(7-16-11)6-12(15)4-3-5-13-8-12/h7,9,13,15H,3-6,8H2,1-2H3. The first-order valence-electron chi connectivity index (χ1n) is 5.96. The van der Waals surface area contributed by atoms with Gasteiger partial charge >= 0.3 is 0 Å². The van der Waals surface area contributed by atoms with Gasteiger partial charge in [-0.3, -0.25) is 0 Å². The van der Waals surface area contributed by atoms with Gasteiger partial charge < -0.3 is 10.4 Å². The number of piperidine rings is 1. The summed E-state index contributed by atoms with van der Waals surface area (Å²) in [6, 6.07) is 0. The number of hydrogen-bond acceptors (Lipinski definition) is 4. The minimum atomic E-state index is -0.583. The number of aliphatic hydroxyl groups is 1. The molecule has 3 nitrogen and oxygen atoms in total. The van der Waals surface area contributed by atoms with Gasteiger partial charge in [-0.2, -0.15) is 0 Å². The summed E-state index contributed by atoms with van der Waals surface area (Å²) in [6.07, 6.45) is 2.62. The maximum atomic E-state index is 10.4. The minimum absolute atomic E-state index is 0.484. The van der Waals surface area contributed by atoms with Gasteiger partial charge in [0.15, 0.2) is 0 Å². The second-order valence-electron chi connectivity index (χ2n) is 5.01. The molecule has 0 aliphatic carbocycles. The third-order valence-corrected chi connectivity index (χ3v) is 4.22. The van der Waals surface area contributed by atoms with Crippen molar-refractivity contribution in [1.82, 2.24) is 10.3 Å². The van der Waals surface area contributed by atoms with Gasteiger partial charge in [-0.25, -0.2) is 4.98 Å². The van der Waals surface area contributed by atoms with Crippen molar-refractivity contribution in [1.29, 1.82) is 0 Å². The lowest BCUT2D eigenvalue weighted by molar-refractivity contribution is 0.0162. The molecule has 1 unspecified atom stereocenters. The summed E-state index contributed by atoms with van der Waals surface area (Å²) in [6.45, 7) is 6.02. The van der Waals surface area contributed by atoms with Crippen LogP contribution < -0.4 is 5.32 Å². The SMILES string of the molecule is CC(C)c1nc(CC2(O)CCCNC2)cs1. The van der Waals surface area contributed by atoms with Crippen LogP contribution >= 0.6 is 11.3 Å². The highest BCUT2D eigenvalue weighted by atomic mass is 32.1. The molecule has 1 aromatic heterocycles. The largest absolute Gasteiger partial charge is 0.388 e. The van der Waals surface area contributed by atoms with Gasteiger partial charge in [-0.1, -0.05) is 13.8 Å². The van der Waals surface area contributed by atoms with Gasteiger partial charge in [0.25, 0.3) is 0 Å². The van der Waals surface area contributed by atoms with Crippen molar-refractivity contribution >= 4 is 11.3 Å². The summed E-state index contributed by atoms with van der Waals surface area (Å²) in [7, 11) is 0. The number of thiazole rings is 1. The lowest BCUT2D eigenvalue weighted by Gasteiger charge is -2.32. The second-order valence-corrected chi connectivity index (χ2v) is 5.90. The van der Waals surface area contributed by atoms with E-state index in [0.717, 1.165) is 25.1 Å². The molecule has 2 N–H and O–H groups in total. The van der Waals surface area contributed by atoms with Crippen molar-refractivity contribution in [2.24, 2.45) is 0 Å². The monoisotopic (exact) mass is 240 g/mol. The third kappa shape index (κ3) is 2.81. The Labute approximate surface area is 101 Å². The Morgan fingerprint density at radius 1 is 1.62 bits per heavy atom. The van der Waals surface area contributed by atoms with Gasteiger partial charge in [0, 0.05) is 24.3 Å². The molecular formula is C12H20N2OS. The van der Waals surface area contributed by atoms with Crippen LogP contribution in [-0.4, -0.2) is 28.8 Å². The molecule has 0 amide bonds. The van der Waals surface area contributed by atoms with Crippen LogP contribution in [0, 0.1) is 0 Å². The number of aromatic nitrogens is 1. The first kappa shape index (κ1) is 12.0. The first-order valence-corrected chi connectivity index (χ1v) is 6.84. The molecule has 0 saturated carbocycles. The van der Waals surface area contributed by atoms with E-state index >= 15 is 0 Å². The van der Waals surface area contributed by atoms with E-state index in [2.05, 4.69) is 29.5 Å². The number of rotatable bonds is 3. The summed E-state index contributed by atoms with van der Waals surface area (Å²) in [5.74, 6) is 0.484. The summed E-state index contributed by atoms with van der Waals surface area (Å²) >= 11 is 1.70. The van der Waals surface area contributed by atoms with Crippen LogP contribution in [0.25, 0.3) is 0 Å². The van der Waals surface area contributed by atoms with E-state index in [9.17, 15) is 5.11 Å². The van der Waals surface area contributed by atoms with Gasteiger partial charge in [0.2, 0.25) is 0 Å². The highest BCUT2D eigenvalue weighted by Crippen LogP contribution is 2.25. The molecule has 1 saturated heterocycles. The van der Waals surface area contributed by atoms with Crippen LogP contribution in [0.1, 0.15) is 43.3 Å². The molecule has 90 valence electrons. The van der Waals surface area contributed by atoms with Crippen LogP contribution in [-0.2, 0) is 6.42 Å². The van der Waals surface area contributed by atoms with Crippen molar-refractivity contribution in [3.8, 4) is 0 Å². The van der Waals surface area contributed by atoms with Crippen molar-refractivity contribution in [2.75, 3.05) is 13.1 Å². The fourth-order valence-corrected chi connectivity index (χ4v) is 2.94. The highest BCUT2D eigenvalue weighted by Gasteiger charge is 2.30. The number of nitrogens with one attached hydrogen (secondary N) is 1. The Bertz CT molecular complexity index is 343. The molecule has 2 heterocycles. The van der Waals surface area contributed by atoms with Gasteiger partial charge in [0.05, 0.1) is 16.3 Å². The molecule has 0 spiro atoms. The van der Waals surface area contributed by atoms with Crippen LogP contribution in [0.4, 0.5) is 0 Å². The lowest BCUT2D eigenvalue weighted by atomic mass is 9.90. The van der Waals surface area contributed by atoms with Crippen LogP contribution in [0.2, 0.25) is 0 Å². The van der Waals surface area contributed by atoms with Crippen LogP contribution in [0.3, 0.4) is 0 Å². The maximum absolute atomic E-state index is 10.4. The Morgan fingerprint density at radius 2 is 2.44 bits per heavy atom. The first-order chi connectivity index (χ1) is 7.59. The normalized spacial score (nSPS) is 26.2. The summed E-state index contributed by atoms with van der Waals surface area (Å²) < 4.78 is 0. The predicted octanol–water partition coefficient (Wildman–Crippen LogP) is 1.92. The van der Waals surface area contributed by atoms with E-state index < -0.39 is 5.60 Å². The Hall–Kier alpha value is -0.450. The Morgan fingerprint density at radius 3 is 3.00 bits per heavy atom. The zero-order valence-corrected chi connectivity index (χ0v) is 10.8. The van der Waals surface area contributed by atoms with Crippen molar-refractivity contribution in [3.63, 3.8) is 0 Å². The minimum Gasteiger partial charge on any atom is -0.388 e. The summed E-state index contributed by atoms with van der Waals surface area (Å²) in [5, 5.41) is 16.9. The molecule has 0 aromatic carbocycles. The Kier molecular flexibility index (Phi) is 3.62. The summed E-state index contributed by atoms with van der Waals surface area (Å²) in [5.41, 5.74) is 0.459. The van der Waals surface area contributed by atoms with Gasteiger partial charge in [-0.15, -0.1) is 11.3 Å². The average Bonchev–Trinajstić information content (AvgIpc) is 2.66. The van der Waals surface area contributed by atoms with Crippen LogP contribution in [0.15, 0.2) is 5.38 Å².